The molecular weight excluding hydrogens is 287 g/mol. The third-order valence-corrected chi connectivity index (χ3v) is 3.87. The molecule has 1 atom stereocenters. The molecule has 0 spiro atoms. The van der Waals surface area contributed by atoms with Gasteiger partial charge in [0.2, 0.25) is 0 Å². The molecule has 4 nitrogen and oxygen atoms in total. The number of carbonyl (C=O) groups is 1. The van der Waals surface area contributed by atoms with Crippen molar-refractivity contribution in [3.8, 4) is 0 Å². The summed E-state index contributed by atoms with van der Waals surface area (Å²) in [7, 11) is 0. The Morgan fingerprint density at radius 1 is 1.42 bits per heavy atom. The Balaban J connectivity index is 2.59. The van der Waals surface area contributed by atoms with E-state index in [0.717, 1.165) is 0 Å². The number of rotatable bonds is 4. The molecule has 0 saturated carbocycles. The van der Waals surface area contributed by atoms with E-state index < -0.39 is 11.6 Å². The van der Waals surface area contributed by atoms with Gasteiger partial charge in [-0.25, -0.2) is 4.79 Å². The number of nitrogens with one attached hydrogen (secondary N) is 2. The molecule has 1 unspecified atom stereocenters. The van der Waals surface area contributed by atoms with Crippen LogP contribution in [0.1, 0.15) is 20.8 Å². The van der Waals surface area contributed by atoms with Crippen LogP contribution in [-0.2, 0) is 0 Å². The van der Waals surface area contributed by atoms with Gasteiger partial charge >= 0.3 is 6.03 Å². The summed E-state index contributed by atoms with van der Waals surface area (Å²) in [5, 5.41) is 15.9. The minimum Gasteiger partial charge on any atom is -0.388 e. The molecule has 0 aromatic heterocycles. The van der Waals surface area contributed by atoms with E-state index in [2.05, 4.69) is 10.6 Å². The van der Waals surface area contributed by atoms with Gasteiger partial charge in [0.05, 0.1) is 21.3 Å². The number of benzene rings is 1. The number of anilines is 1. The highest BCUT2D eigenvalue weighted by Gasteiger charge is 2.25. The summed E-state index contributed by atoms with van der Waals surface area (Å²) in [6.07, 6.45) is 0. The van der Waals surface area contributed by atoms with Crippen LogP contribution < -0.4 is 10.6 Å². The van der Waals surface area contributed by atoms with E-state index in [4.69, 9.17) is 23.2 Å². The van der Waals surface area contributed by atoms with Gasteiger partial charge < -0.3 is 15.7 Å². The van der Waals surface area contributed by atoms with Crippen molar-refractivity contribution in [1.82, 2.24) is 5.32 Å². The largest absolute Gasteiger partial charge is 0.388 e. The zero-order valence-corrected chi connectivity index (χ0v) is 12.6. The summed E-state index contributed by atoms with van der Waals surface area (Å²) in [5.41, 5.74) is -0.536. The topological polar surface area (TPSA) is 61.4 Å². The molecular formula is C13H18Cl2N2O2. The second-order valence-corrected chi connectivity index (χ2v) is 5.71. The van der Waals surface area contributed by atoms with Crippen molar-refractivity contribution in [3.63, 3.8) is 0 Å². The Hall–Kier alpha value is -0.970. The highest BCUT2D eigenvalue weighted by molar-refractivity contribution is 6.43. The number of hydrogen-bond donors (Lipinski definition) is 3. The van der Waals surface area contributed by atoms with Crippen LogP contribution in [0.2, 0.25) is 10.0 Å². The summed E-state index contributed by atoms with van der Waals surface area (Å²) >= 11 is 11.8. The van der Waals surface area contributed by atoms with Crippen LogP contribution in [0, 0.1) is 5.92 Å². The van der Waals surface area contributed by atoms with Crippen LogP contribution in [0.3, 0.4) is 0 Å². The molecule has 6 heteroatoms. The molecule has 19 heavy (non-hydrogen) atoms. The molecule has 0 saturated heterocycles. The van der Waals surface area contributed by atoms with Crippen molar-refractivity contribution in [2.24, 2.45) is 5.92 Å². The molecule has 1 aromatic carbocycles. The van der Waals surface area contributed by atoms with Crippen LogP contribution in [0.15, 0.2) is 18.2 Å². The van der Waals surface area contributed by atoms with Gasteiger partial charge in [-0.1, -0.05) is 43.1 Å². The molecule has 0 aliphatic carbocycles. The van der Waals surface area contributed by atoms with E-state index in [-0.39, 0.29) is 17.5 Å². The van der Waals surface area contributed by atoms with E-state index in [1.54, 1.807) is 25.1 Å². The number of hydrogen-bond acceptors (Lipinski definition) is 2. The van der Waals surface area contributed by atoms with Crippen molar-refractivity contribution in [3.05, 3.63) is 28.2 Å². The van der Waals surface area contributed by atoms with Gasteiger partial charge in [0, 0.05) is 6.54 Å². The van der Waals surface area contributed by atoms with Crippen LogP contribution >= 0.6 is 23.2 Å². The zero-order chi connectivity index (χ0) is 14.6. The van der Waals surface area contributed by atoms with Crippen molar-refractivity contribution in [1.29, 1.82) is 0 Å². The normalized spacial score (nSPS) is 14.1. The minimum absolute atomic E-state index is 0.0301. The molecule has 3 N–H and O–H groups in total. The van der Waals surface area contributed by atoms with E-state index >= 15 is 0 Å². The minimum atomic E-state index is -0.963. The van der Waals surface area contributed by atoms with Crippen molar-refractivity contribution >= 4 is 34.9 Å². The third kappa shape index (κ3) is 4.56. The predicted molar refractivity (Wildman–Crippen MR) is 78.9 cm³/mol. The molecule has 0 fully saturated rings. The highest BCUT2D eigenvalue weighted by Crippen LogP contribution is 2.29. The van der Waals surface area contributed by atoms with Crippen molar-refractivity contribution < 1.29 is 9.90 Å². The molecule has 0 aliphatic heterocycles. The molecule has 1 aromatic rings. The second-order valence-electron chi connectivity index (χ2n) is 4.92. The van der Waals surface area contributed by atoms with Gasteiger partial charge in [-0.3, -0.25) is 0 Å². The van der Waals surface area contributed by atoms with Gasteiger partial charge in [0.25, 0.3) is 0 Å². The monoisotopic (exact) mass is 304 g/mol. The summed E-state index contributed by atoms with van der Waals surface area (Å²) < 4.78 is 0. The first-order chi connectivity index (χ1) is 8.74. The molecule has 1 rings (SSSR count). The molecule has 0 radical (unpaired) electrons. The molecule has 2 amide bonds. The van der Waals surface area contributed by atoms with E-state index in [9.17, 15) is 9.90 Å². The lowest BCUT2D eigenvalue weighted by molar-refractivity contribution is 0.0170. The van der Waals surface area contributed by atoms with E-state index in [0.29, 0.717) is 10.7 Å². The van der Waals surface area contributed by atoms with Gasteiger partial charge in [0.1, 0.15) is 0 Å². The number of amides is 2. The Kier molecular flexibility index (Phi) is 5.47. The summed E-state index contributed by atoms with van der Waals surface area (Å²) in [4.78, 5) is 11.7. The van der Waals surface area contributed by atoms with E-state index in [1.165, 1.54) is 0 Å². The first kappa shape index (κ1) is 16.1. The number of aliphatic hydroxyl groups is 1. The van der Waals surface area contributed by atoms with Crippen molar-refractivity contribution in [2.45, 2.75) is 26.4 Å². The maximum absolute atomic E-state index is 11.7. The fourth-order valence-corrected chi connectivity index (χ4v) is 1.58. The number of urea groups is 1. The first-order valence-corrected chi connectivity index (χ1v) is 6.71. The fourth-order valence-electron chi connectivity index (χ4n) is 1.23. The van der Waals surface area contributed by atoms with Gasteiger partial charge in [-0.15, -0.1) is 0 Å². The van der Waals surface area contributed by atoms with Gasteiger partial charge in [-0.2, -0.15) is 0 Å². The van der Waals surface area contributed by atoms with Crippen LogP contribution in [0.25, 0.3) is 0 Å². The average molecular weight is 305 g/mol. The number of carbonyl (C=O) groups excluding carboxylic acids is 1. The standard InChI is InChI=1S/C13H18Cl2N2O2/c1-8(2)13(3,19)7-16-12(18)17-10-6-4-5-9(14)11(10)15/h4-6,8,19H,7H2,1-3H3,(H2,16,17,18). The zero-order valence-electron chi connectivity index (χ0n) is 11.1. The Bertz CT molecular complexity index is 462. The van der Waals surface area contributed by atoms with Gasteiger partial charge in [0.15, 0.2) is 0 Å². The molecule has 0 heterocycles. The summed E-state index contributed by atoms with van der Waals surface area (Å²) in [6.45, 7) is 5.58. The first-order valence-electron chi connectivity index (χ1n) is 5.95. The Morgan fingerprint density at radius 3 is 2.63 bits per heavy atom. The summed E-state index contributed by atoms with van der Waals surface area (Å²) in [5.74, 6) is 0.0301. The molecule has 106 valence electrons. The fraction of sp³-hybridized carbons (Fsp3) is 0.462. The predicted octanol–water partition coefficient (Wildman–Crippen LogP) is 3.52. The maximum Gasteiger partial charge on any atom is 0.319 e. The second kappa shape index (κ2) is 6.46. The Labute approximate surface area is 123 Å². The van der Waals surface area contributed by atoms with Crippen LogP contribution in [-0.4, -0.2) is 23.3 Å². The smallest absolute Gasteiger partial charge is 0.319 e. The third-order valence-electron chi connectivity index (χ3n) is 3.05. The summed E-state index contributed by atoms with van der Waals surface area (Å²) in [6, 6.07) is 4.53. The number of halogens is 2. The maximum atomic E-state index is 11.7. The lowest BCUT2D eigenvalue weighted by Crippen LogP contribution is -2.45. The molecule has 0 aliphatic rings. The Morgan fingerprint density at radius 2 is 2.05 bits per heavy atom. The van der Waals surface area contributed by atoms with Gasteiger partial charge in [-0.05, 0) is 25.0 Å². The van der Waals surface area contributed by atoms with Crippen LogP contribution in [0.5, 0.6) is 0 Å². The lowest BCUT2D eigenvalue weighted by Gasteiger charge is -2.27. The quantitative estimate of drug-likeness (QED) is 0.797. The van der Waals surface area contributed by atoms with E-state index in [1.807, 2.05) is 13.8 Å². The van der Waals surface area contributed by atoms with Crippen LogP contribution in [0.4, 0.5) is 10.5 Å². The highest BCUT2D eigenvalue weighted by atomic mass is 35.5. The SMILES string of the molecule is CC(C)C(C)(O)CNC(=O)Nc1cccc(Cl)c1Cl. The lowest BCUT2D eigenvalue weighted by atomic mass is 9.93. The molecule has 0 bridgehead atoms. The van der Waals surface area contributed by atoms with Crippen molar-refractivity contribution in [2.75, 3.05) is 11.9 Å². The average Bonchev–Trinajstić information content (AvgIpc) is 2.32.